The molecule has 0 amide bonds. The molecule has 0 aliphatic rings. The molecule has 0 aliphatic heterocycles. The van der Waals surface area contributed by atoms with Crippen molar-refractivity contribution in [3.05, 3.63) is 17.8 Å². The van der Waals surface area contributed by atoms with Crippen molar-refractivity contribution in [3.8, 4) is 0 Å². The largest absolute Gasteiger partial charge is 0.355 e. The molecule has 1 aromatic heterocycles. The summed E-state index contributed by atoms with van der Waals surface area (Å²) in [7, 11) is 2.05. The van der Waals surface area contributed by atoms with E-state index in [1.165, 1.54) is 6.42 Å². The standard InChI is InChI=1S/C11H20N4/c1-4-5-9(2)15(3)11-7-6-10(8-12)13-14-11/h6-7,9H,4-5,8,12H2,1-3H3. The van der Waals surface area contributed by atoms with Crippen molar-refractivity contribution in [2.75, 3.05) is 11.9 Å². The lowest BCUT2D eigenvalue weighted by molar-refractivity contribution is 0.607. The van der Waals surface area contributed by atoms with Crippen LogP contribution in [0.4, 0.5) is 5.82 Å². The van der Waals surface area contributed by atoms with Gasteiger partial charge < -0.3 is 10.6 Å². The van der Waals surface area contributed by atoms with Crippen LogP contribution in [0.5, 0.6) is 0 Å². The number of hydrogen-bond acceptors (Lipinski definition) is 4. The first-order chi connectivity index (χ1) is 7.19. The van der Waals surface area contributed by atoms with Crippen LogP contribution in [0.3, 0.4) is 0 Å². The van der Waals surface area contributed by atoms with E-state index < -0.39 is 0 Å². The van der Waals surface area contributed by atoms with Crippen LogP contribution >= 0.6 is 0 Å². The number of aromatic nitrogens is 2. The number of rotatable bonds is 5. The van der Waals surface area contributed by atoms with Crippen molar-refractivity contribution in [1.82, 2.24) is 10.2 Å². The highest BCUT2D eigenvalue weighted by Gasteiger charge is 2.10. The summed E-state index contributed by atoms with van der Waals surface area (Å²) in [4.78, 5) is 2.15. The van der Waals surface area contributed by atoms with Gasteiger partial charge in [0.2, 0.25) is 0 Å². The van der Waals surface area contributed by atoms with E-state index in [-0.39, 0.29) is 0 Å². The van der Waals surface area contributed by atoms with Crippen molar-refractivity contribution in [3.63, 3.8) is 0 Å². The molecule has 0 fully saturated rings. The third-order valence-corrected chi connectivity index (χ3v) is 2.64. The molecule has 1 aromatic rings. The average molecular weight is 208 g/mol. The van der Waals surface area contributed by atoms with Gasteiger partial charge in [-0.1, -0.05) is 13.3 Å². The second-order valence-corrected chi connectivity index (χ2v) is 3.84. The summed E-state index contributed by atoms with van der Waals surface area (Å²) < 4.78 is 0. The molecule has 15 heavy (non-hydrogen) atoms. The van der Waals surface area contributed by atoms with Crippen LogP contribution < -0.4 is 10.6 Å². The Labute approximate surface area is 91.5 Å². The third-order valence-electron chi connectivity index (χ3n) is 2.64. The number of nitrogens with zero attached hydrogens (tertiary/aromatic N) is 3. The van der Waals surface area contributed by atoms with Gasteiger partial charge >= 0.3 is 0 Å². The smallest absolute Gasteiger partial charge is 0.151 e. The number of nitrogens with two attached hydrogens (primary N) is 1. The molecule has 0 aliphatic carbocycles. The van der Waals surface area contributed by atoms with Crippen molar-refractivity contribution in [2.45, 2.75) is 39.3 Å². The summed E-state index contributed by atoms with van der Waals surface area (Å²) in [6.07, 6.45) is 2.34. The SMILES string of the molecule is CCCC(C)N(C)c1ccc(CN)nn1. The van der Waals surface area contributed by atoms with Gasteiger partial charge in [-0.25, -0.2) is 0 Å². The average Bonchev–Trinajstić information content (AvgIpc) is 2.28. The van der Waals surface area contributed by atoms with Crippen molar-refractivity contribution in [1.29, 1.82) is 0 Å². The van der Waals surface area contributed by atoms with Gasteiger partial charge in [-0.2, -0.15) is 5.10 Å². The molecule has 0 bridgehead atoms. The maximum atomic E-state index is 5.47. The molecular formula is C11H20N4. The maximum absolute atomic E-state index is 5.47. The minimum atomic E-state index is 0.446. The van der Waals surface area contributed by atoms with E-state index >= 15 is 0 Å². The summed E-state index contributed by atoms with van der Waals surface area (Å²) >= 11 is 0. The fourth-order valence-electron chi connectivity index (χ4n) is 1.49. The van der Waals surface area contributed by atoms with Gasteiger partial charge in [0.15, 0.2) is 5.82 Å². The molecule has 0 spiro atoms. The molecule has 0 saturated heterocycles. The lowest BCUT2D eigenvalue weighted by Crippen LogP contribution is -2.29. The Bertz CT molecular complexity index is 283. The molecule has 2 N–H and O–H groups in total. The first-order valence-corrected chi connectivity index (χ1v) is 5.44. The van der Waals surface area contributed by atoms with Gasteiger partial charge in [0.1, 0.15) is 0 Å². The van der Waals surface area contributed by atoms with E-state index in [0.29, 0.717) is 12.6 Å². The van der Waals surface area contributed by atoms with E-state index in [2.05, 4.69) is 28.9 Å². The lowest BCUT2D eigenvalue weighted by atomic mass is 10.2. The van der Waals surface area contributed by atoms with Crippen LogP contribution in [-0.4, -0.2) is 23.3 Å². The van der Waals surface area contributed by atoms with Gasteiger partial charge in [0.25, 0.3) is 0 Å². The molecule has 4 heteroatoms. The molecular weight excluding hydrogens is 188 g/mol. The van der Waals surface area contributed by atoms with Crippen LogP contribution in [-0.2, 0) is 6.54 Å². The monoisotopic (exact) mass is 208 g/mol. The summed E-state index contributed by atoms with van der Waals surface area (Å²) in [6, 6.07) is 4.40. The Morgan fingerprint density at radius 1 is 1.40 bits per heavy atom. The van der Waals surface area contributed by atoms with Crippen LogP contribution in [0.2, 0.25) is 0 Å². The Balaban J connectivity index is 2.69. The Kier molecular flexibility index (Phi) is 4.49. The van der Waals surface area contributed by atoms with Crippen LogP contribution in [0, 0.1) is 0 Å². The highest BCUT2D eigenvalue weighted by atomic mass is 15.3. The molecule has 1 atom stereocenters. The lowest BCUT2D eigenvalue weighted by Gasteiger charge is -2.25. The van der Waals surface area contributed by atoms with Gasteiger partial charge in [0, 0.05) is 19.6 Å². The zero-order chi connectivity index (χ0) is 11.3. The Morgan fingerprint density at radius 3 is 2.60 bits per heavy atom. The van der Waals surface area contributed by atoms with E-state index in [1.807, 2.05) is 19.2 Å². The molecule has 0 aromatic carbocycles. The Morgan fingerprint density at radius 2 is 2.13 bits per heavy atom. The van der Waals surface area contributed by atoms with Crippen LogP contribution in [0.1, 0.15) is 32.4 Å². The summed E-state index contributed by atoms with van der Waals surface area (Å²) in [5.74, 6) is 0.910. The highest BCUT2D eigenvalue weighted by molar-refractivity contribution is 5.37. The molecule has 1 heterocycles. The van der Waals surface area contributed by atoms with E-state index in [0.717, 1.165) is 17.9 Å². The van der Waals surface area contributed by atoms with Crippen LogP contribution in [0.15, 0.2) is 12.1 Å². The first kappa shape index (κ1) is 11.9. The fraction of sp³-hybridized carbons (Fsp3) is 0.636. The molecule has 1 rings (SSSR count). The van der Waals surface area contributed by atoms with E-state index in [4.69, 9.17) is 5.73 Å². The highest BCUT2D eigenvalue weighted by Crippen LogP contribution is 2.13. The molecule has 0 radical (unpaired) electrons. The molecule has 4 nitrogen and oxygen atoms in total. The summed E-state index contributed by atoms with van der Waals surface area (Å²) in [5.41, 5.74) is 6.30. The predicted octanol–water partition coefficient (Wildman–Crippen LogP) is 1.56. The van der Waals surface area contributed by atoms with Gasteiger partial charge in [-0.05, 0) is 25.5 Å². The second kappa shape index (κ2) is 5.66. The minimum absolute atomic E-state index is 0.446. The van der Waals surface area contributed by atoms with Gasteiger partial charge in [-0.15, -0.1) is 5.10 Å². The van der Waals surface area contributed by atoms with E-state index in [9.17, 15) is 0 Å². The maximum Gasteiger partial charge on any atom is 0.151 e. The zero-order valence-electron chi connectivity index (χ0n) is 9.77. The third kappa shape index (κ3) is 3.16. The predicted molar refractivity (Wildman–Crippen MR) is 62.7 cm³/mol. The normalized spacial score (nSPS) is 12.5. The van der Waals surface area contributed by atoms with E-state index in [1.54, 1.807) is 0 Å². The number of hydrogen-bond donors (Lipinski definition) is 1. The van der Waals surface area contributed by atoms with Crippen LogP contribution in [0.25, 0.3) is 0 Å². The topological polar surface area (TPSA) is 55.0 Å². The Hall–Kier alpha value is -1.16. The molecule has 0 saturated carbocycles. The molecule has 1 unspecified atom stereocenters. The zero-order valence-corrected chi connectivity index (χ0v) is 9.77. The van der Waals surface area contributed by atoms with Crippen molar-refractivity contribution in [2.24, 2.45) is 5.73 Å². The minimum Gasteiger partial charge on any atom is -0.355 e. The van der Waals surface area contributed by atoms with Gasteiger partial charge in [0.05, 0.1) is 5.69 Å². The molecule has 84 valence electrons. The van der Waals surface area contributed by atoms with Crippen molar-refractivity contribution < 1.29 is 0 Å². The second-order valence-electron chi connectivity index (χ2n) is 3.84. The quantitative estimate of drug-likeness (QED) is 0.798. The van der Waals surface area contributed by atoms with Gasteiger partial charge in [-0.3, -0.25) is 0 Å². The first-order valence-electron chi connectivity index (χ1n) is 5.44. The fourth-order valence-corrected chi connectivity index (χ4v) is 1.49. The van der Waals surface area contributed by atoms with Crippen molar-refractivity contribution >= 4 is 5.82 Å². The summed E-state index contributed by atoms with van der Waals surface area (Å²) in [6.45, 7) is 4.83. The summed E-state index contributed by atoms with van der Waals surface area (Å²) in [5, 5.41) is 8.19. The number of anilines is 1.